The molecule has 1 aliphatic rings. The van der Waals surface area contributed by atoms with Gasteiger partial charge in [-0.2, -0.15) is 0 Å². The normalized spacial score (nSPS) is 14.9. The molecule has 0 fully saturated rings. The monoisotopic (exact) mass is 345 g/mol. The number of nitrogens with one attached hydrogen (secondary N) is 2. The maximum atomic E-state index is 13.9. The van der Waals surface area contributed by atoms with E-state index in [2.05, 4.69) is 15.5 Å². The number of carbonyl (C=O) groups is 1. The number of carbonyl (C=O) groups excluding carboxylic acids is 1. The van der Waals surface area contributed by atoms with Crippen molar-refractivity contribution < 1.29 is 18.8 Å². The van der Waals surface area contributed by atoms with Gasteiger partial charge >= 0.3 is 0 Å². The number of benzene rings is 1. The molecular formula is C18H20FN3O3. The highest BCUT2D eigenvalue weighted by atomic mass is 19.1. The van der Waals surface area contributed by atoms with Gasteiger partial charge in [0.1, 0.15) is 7.11 Å². The van der Waals surface area contributed by atoms with E-state index in [1.54, 1.807) is 19.2 Å². The molecule has 0 aliphatic heterocycles. The van der Waals surface area contributed by atoms with Gasteiger partial charge in [-0.3, -0.25) is 4.79 Å². The first-order valence-electron chi connectivity index (χ1n) is 8.18. The predicted molar refractivity (Wildman–Crippen MR) is 92.8 cm³/mol. The molecule has 0 saturated heterocycles. The van der Waals surface area contributed by atoms with Crippen molar-refractivity contribution in [3.63, 3.8) is 0 Å². The van der Waals surface area contributed by atoms with Crippen LogP contribution in [0.15, 0.2) is 29.6 Å². The summed E-state index contributed by atoms with van der Waals surface area (Å²) in [4.78, 5) is 20.7. The second-order valence-electron chi connectivity index (χ2n) is 5.66. The highest BCUT2D eigenvalue weighted by molar-refractivity contribution is 6.15. The second-order valence-corrected chi connectivity index (χ2v) is 5.66. The van der Waals surface area contributed by atoms with E-state index in [0.29, 0.717) is 17.9 Å². The number of amides is 1. The Kier molecular flexibility index (Phi) is 5.02. The average Bonchev–Trinajstić information content (AvgIpc) is 3.03. The SMILES string of the molecule is CCOc1ccc(NC(=O)c2c[nH]c3c2/C(=N/OC)CCC3)cc1F. The van der Waals surface area contributed by atoms with Crippen molar-refractivity contribution in [1.29, 1.82) is 0 Å². The van der Waals surface area contributed by atoms with Crippen LogP contribution in [0.2, 0.25) is 0 Å². The smallest absolute Gasteiger partial charge is 0.257 e. The standard InChI is InChI=1S/C18H20FN3O3/c1-3-25-16-8-7-11(9-13(16)19)21-18(23)12-10-20-14-5-4-6-15(17(12)14)22-24-2/h7-10,20H,3-6H2,1-2H3,(H,21,23)/b22-15+. The second kappa shape index (κ2) is 7.38. The van der Waals surface area contributed by atoms with Gasteiger partial charge in [-0.1, -0.05) is 5.16 Å². The maximum Gasteiger partial charge on any atom is 0.257 e. The molecule has 132 valence electrons. The first-order chi connectivity index (χ1) is 12.1. The third kappa shape index (κ3) is 3.50. The molecule has 2 N–H and O–H groups in total. The van der Waals surface area contributed by atoms with Crippen LogP contribution in [0.4, 0.5) is 10.1 Å². The van der Waals surface area contributed by atoms with Gasteiger partial charge in [0.25, 0.3) is 5.91 Å². The number of oxime groups is 1. The summed E-state index contributed by atoms with van der Waals surface area (Å²) in [5.41, 5.74) is 3.32. The zero-order chi connectivity index (χ0) is 17.8. The van der Waals surface area contributed by atoms with Gasteiger partial charge in [0, 0.05) is 29.2 Å². The lowest BCUT2D eigenvalue weighted by atomic mass is 9.93. The van der Waals surface area contributed by atoms with Gasteiger partial charge < -0.3 is 19.9 Å². The Morgan fingerprint density at radius 1 is 1.40 bits per heavy atom. The molecule has 0 unspecified atom stereocenters. The molecule has 0 atom stereocenters. The Bertz CT molecular complexity index is 814. The maximum absolute atomic E-state index is 13.9. The summed E-state index contributed by atoms with van der Waals surface area (Å²) in [5.74, 6) is -0.682. The number of H-pyrrole nitrogens is 1. The van der Waals surface area contributed by atoms with Gasteiger partial charge in [-0.15, -0.1) is 0 Å². The highest BCUT2D eigenvalue weighted by Crippen LogP contribution is 2.26. The Morgan fingerprint density at radius 2 is 2.24 bits per heavy atom. The topological polar surface area (TPSA) is 75.7 Å². The van der Waals surface area contributed by atoms with E-state index in [1.165, 1.54) is 19.2 Å². The van der Waals surface area contributed by atoms with Crippen molar-refractivity contribution in [3.8, 4) is 5.75 Å². The van der Waals surface area contributed by atoms with Crippen molar-refractivity contribution >= 4 is 17.3 Å². The number of fused-ring (bicyclic) bond motifs is 1. The lowest BCUT2D eigenvalue weighted by Crippen LogP contribution is -2.18. The number of aromatic amines is 1. The van der Waals surface area contributed by atoms with E-state index < -0.39 is 5.82 Å². The van der Waals surface area contributed by atoms with Crippen LogP contribution in [-0.2, 0) is 11.3 Å². The van der Waals surface area contributed by atoms with E-state index in [4.69, 9.17) is 9.57 Å². The zero-order valence-corrected chi connectivity index (χ0v) is 14.2. The number of nitrogens with zero attached hydrogens (tertiary/aromatic N) is 1. The quantitative estimate of drug-likeness (QED) is 0.815. The molecule has 0 saturated carbocycles. The molecule has 3 rings (SSSR count). The summed E-state index contributed by atoms with van der Waals surface area (Å²) in [6, 6.07) is 4.35. The number of hydrogen-bond donors (Lipinski definition) is 2. The predicted octanol–water partition coefficient (Wildman–Crippen LogP) is 3.49. The third-order valence-corrected chi connectivity index (χ3v) is 4.03. The third-order valence-electron chi connectivity index (χ3n) is 4.03. The summed E-state index contributed by atoms with van der Waals surface area (Å²) in [7, 11) is 1.48. The van der Waals surface area contributed by atoms with Gasteiger partial charge in [-0.25, -0.2) is 4.39 Å². The molecule has 0 spiro atoms. The number of rotatable bonds is 5. The van der Waals surface area contributed by atoms with E-state index in [1.807, 2.05) is 0 Å². The number of hydrogen-bond acceptors (Lipinski definition) is 4. The van der Waals surface area contributed by atoms with Crippen molar-refractivity contribution in [2.45, 2.75) is 26.2 Å². The molecule has 25 heavy (non-hydrogen) atoms. The van der Waals surface area contributed by atoms with E-state index in [-0.39, 0.29) is 11.7 Å². The van der Waals surface area contributed by atoms with Crippen LogP contribution in [0.5, 0.6) is 5.75 Å². The Labute approximate surface area is 145 Å². The Balaban J connectivity index is 1.84. The van der Waals surface area contributed by atoms with Gasteiger partial charge in [-0.05, 0) is 38.3 Å². The zero-order valence-electron chi connectivity index (χ0n) is 14.2. The molecule has 0 radical (unpaired) electrons. The summed E-state index contributed by atoms with van der Waals surface area (Å²) < 4.78 is 19.1. The molecule has 1 aromatic heterocycles. The number of anilines is 1. The molecule has 1 amide bonds. The summed E-state index contributed by atoms with van der Waals surface area (Å²) >= 11 is 0. The van der Waals surface area contributed by atoms with Gasteiger partial charge in [0.15, 0.2) is 11.6 Å². The number of aromatic nitrogens is 1. The first kappa shape index (κ1) is 17.0. The molecule has 7 heteroatoms. The average molecular weight is 345 g/mol. The number of halogens is 1. The summed E-state index contributed by atoms with van der Waals surface area (Å²) in [5, 5.41) is 6.75. The van der Waals surface area contributed by atoms with Crippen molar-refractivity contribution in [2.24, 2.45) is 5.16 Å². The summed E-state index contributed by atoms with van der Waals surface area (Å²) in [6.07, 6.45) is 4.20. The summed E-state index contributed by atoms with van der Waals surface area (Å²) in [6.45, 7) is 2.16. The Morgan fingerprint density at radius 3 is 2.96 bits per heavy atom. The highest BCUT2D eigenvalue weighted by Gasteiger charge is 2.25. The lowest BCUT2D eigenvalue weighted by molar-refractivity contribution is 0.102. The van der Waals surface area contributed by atoms with Crippen LogP contribution in [0.3, 0.4) is 0 Å². The first-order valence-corrected chi connectivity index (χ1v) is 8.18. The van der Waals surface area contributed by atoms with E-state index >= 15 is 0 Å². The molecule has 0 bridgehead atoms. The van der Waals surface area contributed by atoms with Crippen molar-refractivity contribution in [1.82, 2.24) is 4.98 Å². The molecular weight excluding hydrogens is 325 g/mol. The lowest BCUT2D eigenvalue weighted by Gasteiger charge is -2.15. The fraction of sp³-hybridized carbons (Fsp3) is 0.333. The minimum Gasteiger partial charge on any atom is -0.491 e. The Hall–Kier alpha value is -2.83. The van der Waals surface area contributed by atoms with Crippen LogP contribution in [-0.4, -0.2) is 30.3 Å². The molecule has 1 heterocycles. The number of aryl methyl sites for hydroxylation is 1. The fourth-order valence-electron chi connectivity index (χ4n) is 2.98. The largest absolute Gasteiger partial charge is 0.491 e. The van der Waals surface area contributed by atoms with Crippen LogP contribution in [0.25, 0.3) is 0 Å². The van der Waals surface area contributed by atoms with E-state index in [9.17, 15) is 9.18 Å². The van der Waals surface area contributed by atoms with Gasteiger partial charge in [0.2, 0.25) is 0 Å². The van der Waals surface area contributed by atoms with Crippen LogP contribution >= 0.6 is 0 Å². The van der Waals surface area contributed by atoms with Gasteiger partial charge in [0.05, 0.1) is 17.9 Å². The van der Waals surface area contributed by atoms with Crippen LogP contribution in [0.1, 0.15) is 41.4 Å². The minimum absolute atomic E-state index is 0.161. The minimum atomic E-state index is -0.516. The molecule has 6 nitrogen and oxygen atoms in total. The van der Waals surface area contributed by atoms with E-state index in [0.717, 1.165) is 36.2 Å². The van der Waals surface area contributed by atoms with Crippen molar-refractivity contribution in [2.75, 3.05) is 19.0 Å². The molecule has 2 aromatic rings. The fourth-order valence-corrected chi connectivity index (χ4v) is 2.98. The number of ether oxygens (including phenoxy) is 1. The van der Waals surface area contributed by atoms with Crippen LogP contribution < -0.4 is 10.1 Å². The van der Waals surface area contributed by atoms with Crippen LogP contribution in [0, 0.1) is 5.82 Å². The molecule has 1 aliphatic carbocycles. The van der Waals surface area contributed by atoms with Crippen molar-refractivity contribution in [3.05, 3.63) is 47.0 Å². The molecule has 1 aromatic carbocycles.